The average Bonchev–Trinajstić information content (AvgIpc) is 3.01. The van der Waals surface area contributed by atoms with E-state index >= 15 is 0 Å². The predicted molar refractivity (Wildman–Crippen MR) is 58.9 cm³/mol. The lowest BCUT2D eigenvalue weighted by Crippen LogP contribution is -2.49. The van der Waals surface area contributed by atoms with Gasteiger partial charge in [-0.05, 0) is 19.8 Å². The van der Waals surface area contributed by atoms with Crippen molar-refractivity contribution in [2.75, 3.05) is 32.8 Å². The van der Waals surface area contributed by atoms with Crippen molar-refractivity contribution in [3.05, 3.63) is 0 Å². The molecule has 2 aliphatic rings. The molecule has 1 aliphatic carbocycles. The highest BCUT2D eigenvalue weighted by Crippen LogP contribution is 2.19. The van der Waals surface area contributed by atoms with E-state index in [1.165, 1.54) is 12.8 Å². The number of nitrogens with one attached hydrogen (secondary N) is 1. The molecule has 1 saturated carbocycles. The lowest BCUT2D eigenvalue weighted by Gasteiger charge is -2.33. The van der Waals surface area contributed by atoms with Crippen LogP contribution in [0.2, 0.25) is 0 Å². The van der Waals surface area contributed by atoms with Gasteiger partial charge >= 0.3 is 0 Å². The molecule has 1 saturated heterocycles. The fourth-order valence-electron chi connectivity index (χ4n) is 2.11. The molecule has 4 nitrogen and oxygen atoms in total. The summed E-state index contributed by atoms with van der Waals surface area (Å²) in [5, 5.41) is 12.7. The van der Waals surface area contributed by atoms with E-state index < -0.39 is 0 Å². The second-order valence-electron chi connectivity index (χ2n) is 4.76. The summed E-state index contributed by atoms with van der Waals surface area (Å²) in [6, 6.07) is 0.906. The van der Waals surface area contributed by atoms with Crippen molar-refractivity contribution in [1.29, 1.82) is 0 Å². The van der Waals surface area contributed by atoms with Crippen LogP contribution in [0.5, 0.6) is 0 Å². The van der Waals surface area contributed by atoms with Crippen molar-refractivity contribution in [3.63, 3.8) is 0 Å². The third kappa shape index (κ3) is 3.72. The van der Waals surface area contributed by atoms with Crippen LogP contribution in [0.1, 0.15) is 19.8 Å². The Balaban J connectivity index is 1.72. The molecule has 0 spiro atoms. The molecule has 0 aromatic rings. The topological polar surface area (TPSA) is 44.7 Å². The van der Waals surface area contributed by atoms with Crippen LogP contribution in [-0.2, 0) is 4.74 Å². The number of aliphatic hydroxyl groups is 1. The Morgan fingerprint density at radius 2 is 2.33 bits per heavy atom. The summed E-state index contributed by atoms with van der Waals surface area (Å²) < 4.78 is 5.49. The van der Waals surface area contributed by atoms with Gasteiger partial charge < -0.3 is 15.2 Å². The maximum absolute atomic E-state index is 9.28. The molecule has 4 heteroatoms. The summed E-state index contributed by atoms with van der Waals surface area (Å²) in [5.74, 6) is 0. The van der Waals surface area contributed by atoms with Gasteiger partial charge in [0, 0.05) is 31.7 Å². The highest BCUT2D eigenvalue weighted by Gasteiger charge is 2.26. The average molecular weight is 214 g/mol. The number of aliphatic hydroxyl groups excluding tert-OH is 1. The summed E-state index contributed by atoms with van der Waals surface area (Å²) in [7, 11) is 0. The van der Waals surface area contributed by atoms with Gasteiger partial charge in [0.2, 0.25) is 0 Å². The Morgan fingerprint density at radius 1 is 1.53 bits per heavy atom. The van der Waals surface area contributed by atoms with Gasteiger partial charge in [0.15, 0.2) is 0 Å². The van der Waals surface area contributed by atoms with Gasteiger partial charge in [0.25, 0.3) is 0 Å². The summed E-state index contributed by atoms with van der Waals surface area (Å²) in [6.07, 6.45) is 2.88. The van der Waals surface area contributed by atoms with Crippen LogP contribution in [0, 0.1) is 0 Å². The SMILES string of the molecule is CC1CN(CC(CO)NC2CC2)CCO1. The van der Waals surface area contributed by atoms with E-state index in [-0.39, 0.29) is 12.6 Å². The van der Waals surface area contributed by atoms with Crippen LogP contribution in [0.3, 0.4) is 0 Å². The zero-order valence-electron chi connectivity index (χ0n) is 9.48. The maximum Gasteiger partial charge on any atom is 0.0674 e. The summed E-state index contributed by atoms with van der Waals surface area (Å²) in [5.41, 5.74) is 0. The quantitative estimate of drug-likeness (QED) is 0.666. The number of hydrogen-bond acceptors (Lipinski definition) is 4. The Bertz CT molecular complexity index is 195. The minimum absolute atomic E-state index is 0.238. The number of nitrogens with zero attached hydrogens (tertiary/aromatic N) is 1. The first-order chi connectivity index (χ1) is 7.28. The molecule has 1 heterocycles. The third-order valence-corrected chi connectivity index (χ3v) is 3.07. The first-order valence-electron chi connectivity index (χ1n) is 5.99. The Morgan fingerprint density at radius 3 is 2.93 bits per heavy atom. The molecule has 15 heavy (non-hydrogen) atoms. The van der Waals surface area contributed by atoms with Gasteiger partial charge in [-0.25, -0.2) is 0 Å². The van der Waals surface area contributed by atoms with Gasteiger partial charge in [-0.3, -0.25) is 4.90 Å². The van der Waals surface area contributed by atoms with Gasteiger partial charge in [0.1, 0.15) is 0 Å². The highest BCUT2D eigenvalue weighted by molar-refractivity contribution is 4.86. The van der Waals surface area contributed by atoms with Gasteiger partial charge in [-0.15, -0.1) is 0 Å². The minimum Gasteiger partial charge on any atom is -0.395 e. The largest absolute Gasteiger partial charge is 0.395 e. The van der Waals surface area contributed by atoms with Crippen molar-refractivity contribution in [1.82, 2.24) is 10.2 Å². The molecule has 2 rings (SSSR count). The van der Waals surface area contributed by atoms with Crippen LogP contribution in [-0.4, -0.2) is 61.0 Å². The van der Waals surface area contributed by atoms with Gasteiger partial charge in [-0.1, -0.05) is 0 Å². The van der Waals surface area contributed by atoms with Crippen molar-refractivity contribution in [3.8, 4) is 0 Å². The predicted octanol–water partition coefficient (Wildman–Crippen LogP) is -0.180. The monoisotopic (exact) mass is 214 g/mol. The highest BCUT2D eigenvalue weighted by atomic mass is 16.5. The molecule has 2 atom stereocenters. The fourth-order valence-corrected chi connectivity index (χ4v) is 2.11. The van der Waals surface area contributed by atoms with Crippen molar-refractivity contribution in [2.24, 2.45) is 0 Å². The molecular weight excluding hydrogens is 192 g/mol. The van der Waals surface area contributed by atoms with Crippen LogP contribution in [0.15, 0.2) is 0 Å². The van der Waals surface area contributed by atoms with E-state index in [0.29, 0.717) is 12.1 Å². The first-order valence-corrected chi connectivity index (χ1v) is 5.99. The smallest absolute Gasteiger partial charge is 0.0674 e. The van der Waals surface area contributed by atoms with E-state index in [0.717, 1.165) is 26.2 Å². The van der Waals surface area contributed by atoms with E-state index in [1.54, 1.807) is 0 Å². The zero-order valence-corrected chi connectivity index (χ0v) is 9.48. The molecule has 2 fully saturated rings. The molecule has 1 aliphatic heterocycles. The van der Waals surface area contributed by atoms with Crippen molar-refractivity contribution < 1.29 is 9.84 Å². The molecule has 88 valence electrons. The fraction of sp³-hybridized carbons (Fsp3) is 1.00. The van der Waals surface area contributed by atoms with Crippen LogP contribution >= 0.6 is 0 Å². The van der Waals surface area contributed by atoms with Gasteiger partial charge in [-0.2, -0.15) is 0 Å². The van der Waals surface area contributed by atoms with Crippen molar-refractivity contribution in [2.45, 2.75) is 38.0 Å². The van der Waals surface area contributed by atoms with E-state index in [4.69, 9.17) is 4.74 Å². The number of hydrogen-bond donors (Lipinski definition) is 2. The molecule has 0 aromatic carbocycles. The van der Waals surface area contributed by atoms with Gasteiger partial charge in [0.05, 0.1) is 19.3 Å². The molecule has 0 bridgehead atoms. The summed E-state index contributed by atoms with van der Waals surface area (Å²) in [6.45, 7) is 6.09. The maximum atomic E-state index is 9.28. The van der Waals surface area contributed by atoms with Crippen LogP contribution in [0.25, 0.3) is 0 Å². The number of rotatable bonds is 5. The summed E-state index contributed by atoms with van der Waals surface area (Å²) >= 11 is 0. The second kappa shape index (κ2) is 5.25. The standard InChI is InChI=1S/C11H22N2O2/c1-9-6-13(4-5-15-9)7-11(8-14)12-10-2-3-10/h9-12,14H,2-8H2,1H3. The molecule has 2 unspecified atom stereocenters. The van der Waals surface area contributed by atoms with E-state index in [9.17, 15) is 5.11 Å². The second-order valence-corrected chi connectivity index (χ2v) is 4.76. The number of ether oxygens (including phenoxy) is 1. The normalized spacial score (nSPS) is 30.4. The summed E-state index contributed by atoms with van der Waals surface area (Å²) in [4.78, 5) is 2.38. The number of morpholine rings is 1. The molecule has 0 aromatic heterocycles. The van der Waals surface area contributed by atoms with Crippen LogP contribution in [0.4, 0.5) is 0 Å². The van der Waals surface area contributed by atoms with E-state index in [1.807, 2.05) is 0 Å². The molecule has 2 N–H and O–H groups in total. The Hall–Kier alpha value is -0.160. The minimum atomic E-state index is 0.238. The molecule has 0 amide bonds. The Labute approximate surface area is 91.6 Å². The third-order valence-electron chi connectivity index (χ3n) is 3.07. The molecule has 0 radical (unpaired) electrons. The van der Waals surface area contributed by atoms with Crippen molar-refractivity contribution >= 4 is 0 Å². The lowest BCUT2D eigenvalue weighted by molar-refractivity contribution is -0.0229. The zero-order chi connectivity index (χ0) is 10.7. The molecular formula is C11H22N2O2. The van der Waals surface area contributed by atoms with Crippen LogP contribution < -0.4 is 5.32 Å². The first kappa shape index (κ1) is 11.3. The van der Waals surface area contributed by atoms with E-state index in [2.05, 4.69) is 17.1 Å². The lowest BCUT2D eigenvalue weighted by atomic mass is 10.2. The Kier molecular flexibility index (Phi) is 3.97.